The second-order valence-electron chi connectivity index (χ2n) is 9.56. The van der Waals surface area contributed by atoms with Crippen LogP contribution in [0.15, 0.2) is 54.7 Å². The van der Waals surface area contributed by atoms with Crippen molar-refractivity contribution in [1.82, 2.24) is 4.98 Å². The van der Waals surface area contributed by atoms with Crippen LogP contribution in [0.1, 0.15) is 63.9 Å². The van der Waals surface area contributed by atoms with Crippen LogP contribution >= 0.6 is 0 Å². The Labute approximate surface area is 191 Å². The molecule has 1 aliphatic carbocycles. The number of benzene rings is 2. The van der Waals surface area contributed by atoms with Crippen molar-refractivity contribution in [3.05, 3.63) is 60.3 Å². The van der Waals surface area contributed by atoms with Gasteiger partial charge in [-0.25, -0.2) is 0 Å². The molecule has 168 valence electrons. The normalized spacial score (nSPS) is 24.4. The molecule has 1 aromatic heterocycles. The van der Waals surface area contributed by atoms with Crippen LogP contribution in [0.25, 0.3) is 10.9 Å². The SMILES string of the molecule is CC[C@@]1(C)/C=C/CCC(c2c[nH]c3cc(Nc4ccc5c(c4)OCCCO5)ccc23)CC1. The minimum Gasteiger partial charge on any atom is -0.490 e. The minimum absolute atomic E-state index is 0.338. The number of allylic oxidation sites excluding steroid dienone is 2. The van der Waals surface area contributed by atoms with Gasteiger partial charge in [0, 0.05) is 41.0 Å². The number of aromatic amines is 1. The van der Waals surface area contributed by atoms with Crippen molar-refractivity contribution in [3.8, 4) is 11.5 Å². The zero-order valence-corrected chi connectivity index (χ0v) is 19.2. The first-order valence-electron chi connectivity index (χ1n) is 12.1. The van der Waals surface area contributed by atoms with Gasteiger partial charge in [0.05, 0.1) is 13.2 Å². The Bertz CT molecular complexity index is 1120. The topological polar surface area (TPSA) is 46.3 Å². The molecule has 5 rings (SSSR count). The lowest BCUT2D eigenvalue weighted by Crippen LogP contribution is -2.15. The van der Waals surface area contributed by atoms with E-state index in [4.69, 9.17) is 9.47 Å². The summed E-state index contributed by atoms with van der Waals surface area (Å²) in [5.74, 6) is 2.25. The Morgan fingerprint density at radius 2 is 1.84 bits per heavy atom. The van der Waals surface area contributed by atoms with Crippen molar-refractivity contribution in [3.63, 3.8) is 0 Å². The zero-order valence-electron chi connectivity index (χ0n) is 19.2. The molecule has 2 atom stereocenters. The van der Waals surface area contributed by atoms with Gasteiger partial charge in [0.1, 0.15) is 0 Å². The molecule has 2 heterocycles. The molecule has 0 fully saturated rings. The molecule has 0 amide bonds. The number of aromatic nitrogens is 1. The number of rotatable bonds is 4. The lowest BCUT2D eigenvalue weighted by atomic mass is 9.76. The van der Waals surface area contributed by atoms with E-state index < -0.39 is 0 Å². The van der Waals surface area contributed by atoms with Gasteiger partial charge in [-0.2, -0.15) is 0 Å². The second-order valence-corrected chi connectivity index (χ2v) is 9.56. The monoisotopic (exact) mass is 430 g/mol. The summed E-state index contributed by atoms with van der Waals surface area (Å²) in [6.45, 7) is 6.12. The predicted molar refractivity (Wildman–Crippen MR) is 132 cm³/mol. The molecule has 2 aliphatic rings. The molecule has 4 nitrogen and oxygen atoms in total. The fourth-order valence-electron chi connectivity index (χ4n) is 4.97. The van der Waals surface area contributed by atoms with E-state index in [2.05, 4.69) is 60.7 Å². The number of hydrogen-bond acceptors (Lipinski definition) is 3. The average Bonchev–Trinajstić information content (AvgIpc) is 3.06. The highest BCUT2D eigenvalue weighted by Gasteiger charge is 2.24. The number of H-pyrrole nitrogens is 1. The van der Waals surface area contributed by atoms with Gasteiger partial charge in [-0.05, 0) is 73.3 Å². The van der Waals surface area contributed by atoms with Gasteiger partial charge < -0.3 is 19.8 Å². The summed E-state index contributed by atoms with van der Waals surface area (Å²) in [6, 6.07) is 12.7. The van der Waals surface area contributed by atoms with Gasteiger partial charge in [-0.1, -0.05) is 32.1 Å². The lowest BCUT2D eigenvalue weighted by Gasteiger charge is -2.29. The first-order valence-corrected chi connectivity index (χ1v) is 12.1. The molecule has 0 radical (unpaired) electrons. The molecule has 3 aromatic rings. The van der Waals surface area contributed by atoms with Gasteiger partial charge in [0.25, 0.3) is 0 Å². The summed E-state index contributed by atoms with van der Waals surface area (Å²) >= 11 is 0. The molecule has 0 bridgehead atoms. The van der Waals surface area contributed by atoms with Crippen LogP contribution in [-0.4, -0.2) is 18.2 Å². The Morgan fingerprint density at radius 1 is 1.03 bits per heavy atom. The zero-order chi connectivity index (χ0) is 22.0. The number of hydrogen-bond donors (Lipinski definition) is 2. The first kappa shape index (κ1) is 21.0. The Hall–Kier alpha value is -2.88. The molecule has 1 aliphatic heterocycles. The summed E-state index contributed by atoms with van der Waals surface area (Å²) in [4.78, 5) is 3.54. The van der Waals surface area contributed by atoms with E-state index in [0.29, 0.717) is 24.5 Å². The van der Waals surface area contributed by atoms with Crippen molar-refractivity contribution in [2.24, 2.45) is 5.41 Å². The van der Waals surface area contributed by atoms with Crippen molar-refractivity contribution in [2.75, 3.05) is 18.5 Å². The predicted octanol–water partition coefficient (Wildman–Crippen LogP) is 7.70. The van der Waals surface area contributed by atoms with Gasteiger partial charge in [0.15, 0.2) is 11.5 Å². The van der Waals surface area contributed by atoms with Crippen LogP contribution in [0, 0.1) is 5.41 Å². The largest absolute Gasteiger partial charge is 0.490 e. The van der Waals surface area contributed by atoms with E-state index in [1.165, 1.54) is 42.1 Å². The van der Waals surface area contributed by atoms with Crippen molar-refractivity contribution >= 4 is 22.3 Å². The van der Waals surface area contributed by atoms with Gasteiger partial charge >= 0.3 is 0 Å². The Balaban J connectivity index is 1.35. The van der Waals surface area contributed by atoms with Crippen LogP contribution in [0.2, 0.25) is 0 Å². The molecule has 2 aromatic carbocycles. The van der Waals surface area contributed by atoms with Crippen LogP contribution in [0.3, 0.4) is 0 Å². The minimum atomic E-state index is 0.338. The Morgan fingerprint density at radius 3 is 2.72 bits per heavy atom. The molecule has 4 heteroatoms. The molecular formula is C28H34N2O2. The fraction of sp³-hybridized carbons (Fsp3) is 0.429. The maximum atomic E-state index is 5.83. The van der Waals surface area contributed by atoms with E-state index >= 15 is 0 Å². The summed E-state index contributed by atoms with van der Waals surface area (Å²) < 4.78 is 11.6. The third-order valence-electron chi connectivity index (χ3n) is 7.26. The summed E-state index contributed by atoms with van der Waals surface area (Å²) in [7, 11) is 0. The van der Waals surface area contributed by atoms with Crippen LogP contribution in [0.4, 0.5) is 11.4 Å². The maximum Gasteiger partial charge on any atom is 0.163 e. The van der Waals surface area contributed by atoms with E-state index in [0.717, 1.165) is 35.7 Å². The van der Waals surface area contributed by atoms with Crippen molar-refractivity contribution in [2.45, 2.75) is 58.3 Å². The van der Waals surface area contributed by atoms with Crippen LogP contribution < -0.4 is 14.8 Å². The second kappa shape index (κ2) is 8.93. The highest BCUT2D eigenvalue weighted by molar-refractivity contribution is 5.87. The highest BCUT2D eigenvalue weighted by Crippen LogP contribution is 2.40. The average molecular weight is 431 g/mol. The molecule has 0 saturated heterocycles. The smallest absolute Gasteiger partial charge is 0.163 e. The van der Waals surface area contributed by atoms with Gasteiger partial charge in [0.2, 0.25) is 0 Å². The number of ether oxygens (including phenoxy) is 2. The van der Waals surface area contributed by atoms with E-state index in [1.807, 2.05) is 18.2 Å². The van der Waals surface area contributed by atoms with Crippen LogP contribution in [-0.2, 0) is 0 Å². The third kappa shape index (κ3) is 4.36. The third-order valence-corrected chi connectivity index (χ3v) is 7.26. The maximum absolute atomic E-state index is 5.83. The summed E-state index contributed by atoms with van der Waals surface area (Å²) in [5, 5.41) is 4.88. The molecule has 0 saturated carbocycles. The Kier molecular flexibility index (Phi) is 5.86. The van der Waals surface area contributed by atoms with E-state index in [-0.39, 0.29) is 0 Å². The standard InChI is InChI=1S/C28H34N2O2/c1-3-28(2)13-5-4-7-20(12-14-28)24-19-29-25-17-21(8-10-23(24)25)30-22-9-11-26-27(18-22)32-16-6-15-31-26/h5,8-11,13,17-20,29-30H,3-4,6-7,12,14-16H2,1-2H3/b13-5+/t20?,28-/m0/s1. The highest BCUT2D eigenvalue weighted by atomic mass is 16.5. The van der Waals surface area contributed by atoms with Crippen LogP contribution in [0.5, 0.6) is 11.5 Å². The fourth-order valence-corrected chi connectivity index (χ4v) is 4.97. The first-order chi connectivity index (χ1) is 15.6. The molecule has 1 unspecified atom stereocenters. The quantitative estimate of drug-likeness (QED) is 0.417. The van der Waals surface area contributed by atoms with Gasteiger partial charge in [-0.15, -0.1) is 0 Å². The van der Waals surface area contributed by atoms with Crippen molar-refractivity contribution in [1.29, 1.82) is 0 Å². The number of fused-ring (bicyclic) bond motifs is 2. The summed E-state index contributed by atoms with van der Waals surface area (Å²) in [6.07, 6.45) is 14.1. The molecule has 32 heavy (non-hydrogen) atoms. The molecule has 0 spiro atoms. The number of nitrogens with one attached hydrogen (secondary N) is 2. The summed E-state index contributed by atoms with van der Waals surface area (Å²) in [5.41, 5.74) is 5.07. The van der Waals surface area contributed by atoms with Crippen molar-refractivity contribution < 1.29 is 9.47 Å². The lowest BCUT2D eigenvalue weighted by molar-refractivity contribution is 0.297. The van der Waals surface area contributed by atoms with E-state index in [9.17, 15) is 0 Å². The number of anilines is 2. The van der Waals surface area contributed by atoms with E-state index in [1.54, 1.807) is 0 Å². The molecule has 2 N–H and O–H groups in total. The van der Waals surface area contributed by atoms with Gasteiger partial charge in [-0.3, -0.25) is 0 Å². The molecular weight excluding hydrogens is 396 g/mol.